The van der Waals surface area contributed by atoms with Crippen LogP contribution in [0.1, 0.15) is 44.1 Å². The third kappa shape index (κ3) is 5.54. The summed E-state index contributed by atoms with van der Waals surface area (Å²) in [5.41, 5.74) is 2.84. The quantitative estimate of drug-likeness (QED) is 0.590. The number of amides is 1. The number of carbonyl (C=O) groups is 1. The largest absolute Gasteiger partial charge is 0.446 e. The molecule has 2 saturated carbocycles. The number of ether oxygens (including phenoxy) is 1. The van der Waals surface area contributed by atoms with E-state index in [-0.39, 0.29) is 12.2 Å². The molecular formula is C27H35N3O4S. The lowest BCUT2D eigenvalue weighted by molar-refractivity contribution is 0.0265. The van der Waals surface area contributed by atoms with Gasteiger partial charge in [-0.15, -0.1) is 0 Å². The fourth-order valence-electron chi connectivity index (χ4n) is 6.00. The van der Waals surface area contributed by atoms with Crippen molar-refractivity contribution in [1.29, 1.82) is 0 Å². The molecule has 0 N–H and O–H groups in total. The Bertz CT molecular complexity index is 1140. The van der Waals surface area contributed by atoms with Gasteiger partial charge >= 0.3 is 6.09 Å². The summed E-state index contributed by atoms with van der Waals surface area (Å²) in [6, 6.07) is 11.3. The number of piperidine rings is 1. The van der Waals surface area contributed by atoms with Crippen LogP contribution in [0.2, 0.25) is 0 Å². The third-order valence-corrected chi connectivity index (χ3v) is 9.23. The van der Waals surface area contributed by atoms with Crippen molar-refractivity contribution in [1.82, 2.24) is 14.8 Å². The summed E-state index contributed by atoms with van der Waals surface area (Å²) in [6.45, 7) is 2.28. The summed E-state index contributed by atoms with van der Waals surface area (Å²) in [4.78, 5) is 21.8. The summed E-state index contributed by atoms with van der Waals surface area (Å²) < 4.78 is 29.2. The number of fused-ring (bicyclic) bond motifs is 2. The van der Waals surface area contributed by atoms with Crippen LogP contribution in [0.4, 0.5) is 4.79 Å². The van der Waals surface area contributed by atoms with Crippen molar-refractivity contribution in [3.05, 3.63) is 48.2 Å². The van der Waals surface area contributed by atoms with E-state index in [4.69, 9.17) is 4.74 Å². The standard InChI is InChI=1S/C27H35N3O4S/c1-29(18-20-4-10-25(28-17-20)21-6-8-24(9-7-21)35(2,32)33)23-11-13-30(14-12-23)27(31)34-26-16-19-3-5-22(26)15-19/h4,6-10,17,19,22-23,26H,3,5,11-16,18H2,1-2H3/t19-,22?,26?/m1/s1. The molecule has 7 nitrogen and oxygen atoms in total. The number of hydrogen-bond donors (Lipinski definition) is 0. The zero-order valence-electron chi connectivity index (χ0n) is 20.6. The topological polar surface area (TPSA) is 79.8 Å². The van der Waals surface area contributed by atoms with Crippen molar-refractivity contribution in [2.75, 3.05) is 26.4 Å². The first-order valence-corrected chi connectivity index (χ1v) is 14.6. The predicted molar refractivity (Wildman–Crippen MR) is 135 cm³/mol. The van der Waals surface area contributed by atoms with E-state index < -0.39 is 9.84 Å². The molecule has 1 aromatic carbocycles. The van der Waals surface area contributed by atoms with Gasteiger partial charge in [0.15, 0.2) is 9.84 Å². The highest BCUT2D eigenvalue weighted by Crippen LogP contribution is 2.46. The number of likely N-dealkylation sites (tertiary alicyclic amines) is 1. The second-order valence-corrected chi connectivity index (χ2v) is 12.6. The molecule has 35 heavy (non-hydrogen) atoms. The van der Waals surface area contributed by atoms with Crippen LogP contribution in [0.5, 0.6) is 0 Å². The van der Waals surface area contributed by atoms with Crippen LogP contribution in [0.15, 0.2) is 47.5 Å². The minimum absolute atomic E-state index is 0.118. The molecule has 0 radical (unpaired) electrons. The van der Waals surface area contributed by atoms with Gasteiger partial charge < -0.3 is 9.64 Å². The van der Waals surface area contributed by atoms with Gasteiger partial charge in [0.1, 0.15) is 6.10 Å². The Hall–Kier alpha value is -2.45. The maximum Gasteiger partial charge on any atom is 0.410 e. The molecule has 2 heterocycles. The van der Waals surface area contributed by atoms with Crippen LogP contribution in [-0.4, -0.2) is 67.8 Å². The van der Waals surface area contributed by atoms with Gasteiger partial charge in [0.25, 0.3) is 0 Å². The molecule has 8 heteroatoms. The van der Waals surface area contributed by atoms with Crippen molar-refractivity contribution < 1.29 is 17.9 Å². The van der Waals surface area contributed by atoms with Gasteiger partial charge in [0.2, 0.25) is 0 Å². The second kappa shape index (κ2) is 9.90. The first-order chi connectivity index (χ1) is 16.8. The van der Waals surface area contributed by atoms with Crippen LogP contribution in [0.3, 0.4) is 0 Å². The zero-order chi connectivity index (χ0) is 24.6. The van der Waals surface area contributed by atoms with Crippen LogP contribution in [-0.2, 0) is 21.1 Å². The number of aromatic nitrogens is 1. The molecule has 3 aliphatic rings. The lowest BCUT2D eigenvalue weighted by atomic mass is 9.98. The molecule has 1 amide bonds. The average molecular weight is 498 g/mol. The Morgan fingerprint density at radius 3 is 2.37 bits per heavy atom. The van der Waals surface area contributed by atoms with E-state index in [2.05, 4.69) is 23.0 Å². The highest BCUT2D eigenvalue weighted by atomic mass is 32.2. The van der Waals surface area contributed by atoms with Crippen LogP contribution in [0, 0.1) is 11.8 Å². The van der Waals surface area contributed by atoms with E-state index in [1.807, 2.05) is 17.2 Å². The Balaban J connectivity index is 1.10. The Kier molecular flexibility index (Phi) is 6.86. The molecule has 1 aliphatic heterocycles. The predicted octanol–water partition coefficient (Wildman–Crippen LogP) is 4.37. The second-order valence-electron chi connectivity index (χ2n) is 10.6. The molecule has 2 aliphatic carbocycles. The van der Waals surface area contributed by atoms with E-state index >= 15 is 0 Å². The van der Waals surface area contributed by atoms with Gasteiger partial charge in [-0.25, -0.2) is 13.2 Å². The normalized spacial score (nSPS) is 24.8. The number of carbonyl (C=O) groups excluding carboxylic acids is 1. The fourth-order valence-corrected chi connectivity index (χ4v) is 6.63. The lowest BCUT2D eigenvalue weighted by Gasteiger charge is -2.37. The minimum Gasteiger partial charge on any atom is -0.446 e. The molecule has 2 bridgehead atoms. The van der Waals surface area contributed by atoms with Gasteiger partial charge in [0.05, 0.1) is 10.6 Å². The third-order valence-electron chi connectivity index (χ3n) is 8.11. The smallest absolute Gasteiger partial charge is 0.410 e. The maximum atomic E-state index is 12.7. The van der Waals surface area contributed by atoms with E-state index in [9.17, 15) is 13.2 Å². The van der Waals surface area contributed by atoms with E-state index in [0.717, 1.165) is 61.6 Å². The van der Waals surface area contributed by atoms with Gasteiger partial charge in [-0.2, -0.15) is 0 Å². The van der Waals surface area contributed by atoms with E-state index in [1.165, 1.54) is 25.5 Å². The van der Waals surface area contributed by atoms with Crippen molar-refractivity contribution in [3.8, 4) is 11.3 Å². The van der Waals surface area contributed by atoms with Crippen LogP contribution in [0.25, 0.3) is 11.3 Å². The number of rotatable bonds is 6. The molecule has 2 aromatic rings. The molecule has 1 aromatic heterocycles. The summed E-state index contributed by atoms with van der Waals surface area (Å²) in [6.07, 6.45) is 9.86. The van der Waals surface area contributed by atoms with Gasteiger partial charge in [-0.3, -0.25) is 9.88 Å². The van der Waals surface area contributed by atoms with Gasteiger partial charge in [-0.05, 0) is 81.2 Å². The highest BCUT2D eigenvalue weighted by Gasteiger charge is 2.42. The Labute approximate surface area is 208 Å². The number of pyridine rings is 1. The van der Waals surface area contributed by atoms with Crippen molar-refractivity contribution in [2.45, 2.75) is 62.1 Å². The molecule has 3 fully saturated rings. The number of benzene rings is 1. The summed E-state index contributed by atoms with van der Waals surface area (Å²) >= 11 is 0. The highest BCUT2D eigenvalue weighted by molar-refractivity contribution is 7.90. The number of hydrogen-bond acceptors (Lipinski definition) is 6. The number of sulfone groups is 1. The van der Waals surface area contributed by atoms with Crippen molar-refractivity contribution in [3.63, 3.8) is 0 Å². The lowest BCUT2D eigenvalue weighted by Crippen LogP contribution is -2.46. The maximum absolute atomic E-state index is 12.7. The van der Waals surface area contributed by atoms with E-state index in [1.54, 1.807) is 24.3 Å². The molecule has 3 atom stereocenters. The number of nitrogens with zero attached hydrogens (tertiary/aromatic N) is 3. The molecule has 5 rings (SSSR count). The summed E-state index contributed by atoms with van der Waals surface area (Å²) in [5.74, 6) is 1.38. The molecule has 2 unspecified atom stereocenters. The van der Waals surface area contributed by atoms with Crippen molar-refractivity contribution >= 4 is 15.9 Å². The molecule has 0 spiro atoms. The first kappa shape index (κ1) is 24.3. The summed E-state index contributed by atoms with van der Waals surface area (Å²) in [7, 11) is -1.07. The van der Waals surface area contributed by atoms with Crippen molar-refractivity contribution in [2.24, 2.45) is 11.8 Å². The fraction of sp³-hybridized carbons (Fsp3) is 0.556. The molecular weight excluding hydrogens is 462 g/mol. The summed E-state index contributed by atoms with van der Waals surface area (Å²) in [5, 5.41) is 0. The van der Waals surface area contributed by atoms with E-state index in [0.29, 0.717) is 16.9 Å². The average Bonchev–Trinajstić information content (AvgIpc) is 3.48. The van der Waals surface area contributed by atoms with Gasteiger partial charge in [-0.1, -0.05) is 18.2 Å². The monoisotopic (exact) mass is 497 g/mol. The van der Waals surface area contributed by atoms with Crippen LogP contribution < -0.4 is 0 Å². The molecule has 1 saturated heterocycles. The Morgan fingerprint density at radius 1 is 1.06 bits per heavy atom. The zero-order valence-corrected chi connectivity index (χ0v) is 21.4. The molecule has 188 valence electrons. The van der Waals surface area contributed by atoms with Gasteiger partial charge in [0, 0.05) is 43.7 Å². The SMILES string of the molecule is CN(Cc1ccc(-c2ccc(S(C)(=O)=O)cc2)nc1)C1CCN(C(=O)OC2C[C@@H]3CCC2C3)CC1. The van der Waals surface area contributed by atoms with Crippen LogP contribution >= 0.6 is 0 Å². The first-order valence-electron chi connectivity index (χ1n) is 12.7. The Morgan fingerprint density at radius 2 is 1.80 bits per heavy atom. The minimum atomic E-state index is -3.20.